The summed E-state index contributed by atoms with van der Waals surface area (Å²) in [6.45, 7) is 8.72. The van der Waals surface area contributed by atoms with Crippen molar-refractivity contribution in [2.24, 2.45) is 0 Å². The van der Waals surface area contributed by atoms with E-state index in [1.54, 1.807) is 58.9 Å². The van der Waals surface area contributed by atoms with E-state index >= 15 is 0 Å². The van der Waals surface area contributed by atoms with Gasteiger partial charge in [-0.15, -0.1) is 6.42 Å². The fourth-order valence-electron chi connectivity index (χ4n) is 3.54. The standard InChI is InChI=1S/C26H35N3O6/c1-7-18-11-9-10-12-20(18)22(23(31)27-16-15-21(30)34-8-2)29(19-13-14-19)24(32)17(3)28-25(33)35-26(4,5)6/h1,9-12,17,19,22H,8,13-16H2,2-6H3,(H,27,31)(H,28,33). The summed E-state index contributed by atoms with van der Waals surface area (Å²) in [5, 5.41) is 5.30. The fourth-order valence-corrected chi connectivity index (χ4v) is 3.54. The molecule has 9 nitrogen and oxygen atoms in total. The molecule has 1 saturated carbocycles. The van der Waals surface area contributed by atoms with Gasteiger partial charge in [-0.1, -0.05) is 24.1 Å². The normalized spacial score (nSPS) is 14.6. The first-order chi connectivity index (χ1) is 16.5. The lowest BCUT2D eigenvalue weighted by Gasteiger charge is -2.34. The highest BCUT2D eigenvalue weighted by molar-refractivity contribution is 5.93. The third-order valence-electron chi connectivity index (χ3n) is 5.17. The van der Waals surface area contributed by atoms with Crippen LogP contribution in [0.3, 0.4) is 0 Å². The van der Waals surface area contributed by atoms with Crippen molar-refractivity contribution in [1.82, 2.24) is 15.5 Å². The third-order valence-corrected chi connectivity index (χ3v) is 5.17. The van der Waals surface area contributed by atoms with Gasteiger partial charge >= 0.3 is 12.1 Å². The zero-order chi connectivity index (χ0) is 26.2. The minimum absolute atomic E-state index is 0.00291. The predicted octanol–water partition coefficient (Wildman–Crippen LogP) is 2.68. The zero-order valence-corrected chi connectivity index (χ0v) is 21.1. The molecule has 2 rings (SSSR count). The highest BCUT2D eigenvalue weighted by Gasteiger charge is 2.43. The van der Waals surface area contributed by atoms with Crippen molar-refractivity contribution in [3.8, 4) is 12.3 Å². The van der Waals surface area contributed by atoms with E-state index in [-0.39, 0.29) is 25.6 Å². The maximum Gasteiger partial charge on any atom is 0.408 e. The van der Waals surface area contributed by atoms with E-state index in [4.69, 9.17) is 15.9 Å². The maximum atomic E-state index is 13.6. The first-order valence-electron chi connectivity index (χ1n) is 11.8. The molecule has 0 saturated heterocycles. The molecule has 2 unspecified atom stereocenters. The molecule has 1 fully saturated rings. The van der Waals surface area contributed by atoms with Gasteiger partial charge in [0, 0.05) is 18.2 Å². The van der Waals surface area contributed by atoms with Crippen LogP contribution in [0.2, 0.25) is 0 Å². The number of rotatable bonds is 10. The summed E-state index contributed by atoms with van der Waals surface area (Å²) in [6.07, 6.45) is 6.40. The molecule has 1 aromatic carbocycles. The van der Waals surface area contributed by atoms with Gasteiger partial charge in [0.15, 0.2) is 0 Å². The van der Waals surface area contributed by atoms with E-state index < -0.39 is 41.6 Å². The van der Waals surface area contributed by atoms with Crippen LogP contribution in [-0.2, 0) is 23.9 Å². The number of esters is 1. The van der Waals surface area contributed by atoms with Gasteiger partial charge in [-0.05, 0) is 59.1 Å². The van der Waals surface area contributed by atoms with Crippen molar-refractivity contribution < 1.29 is 28.7 Å². The molecule has 1 aliphatic rings. The maximum absolute atomic E-state index is 13.6. The topological polar surface area (TPSA) is 114 Å². The summed E-state index contributed by atoms with van der Waals surface area (Å²) in [6, 6.07) is 4.74. The van der Waals surface area contributed by atoms with Gasteiger partial charge in [0.05, 0.1) is 13.0 Å². The Morgan fingerprint density at radius 1 is 1.20 bits per heavy atom. The van der Waals surface area contributed by atoms with Crippen LogP contribution in [0.15, 0.2) is 24.3 Å². The highest BCUT2D eigenvalue weighted by Crippen LogP contribution is 2.36. The number of nitrogens with one attached hydrogen (secondary N) is 2. The van der Waals surface area contributed by atoms with Crippen LogP contribution in [0.4, 0.5) is 4.79 Å². The Hall–Kier alpha value is -3.54. The molecule has 190 valence electrons. The first-order valence-corrected chi connectivity index (χ1v) is 11.8. The number of amides is 3. The van der Waals surface area contributed by atoms with Gasteiger partial charge in [-0.3, -0.25) is 14.4 Å². The molecular weight excluding hydrogens is 450 g/mol. The van der Waals surface area contributed by atoms with E-state index in [1.165, 1.54) is 4.90 Å². The molecule has 0 bridgehead atoms. The van der Waals surface area contributed by atoms with Crippen molar-refractivity contribution in [2.45, 2.75) is 77.6 Å². The average Bonchev–Trinajstić information content (AvgIpc) is 3.60. The minimum atomic E-state index is -1.03. The average molecular weight is 486 g/mol. The Kier molecular flexibility index (Phi) is 9.69. The number of benzene rings is 1. The monoisotopic (exact) mass is 485 g/mol. The first kappa shape index (κ1) is 27.7. The Bertz CT molecular complexity index is 974. The van der Waals surface area contributed by atoms with Crippen molar-refractivity contribution >= 4 is 23.9 Å². The molecule has 0 heterocycles. The Morgan fingerprint density at radius 2 is 1.86 bits per heavy atom. The van der Waals surface area contributed by atoms with Crippen LogP contribution < -0.4 is 10.6 Å². The van der Waals surface area contributed by atoms with Crippen LogP contribution >= 0.6 is 0 Å². The summed E-state index contributed by atoms with van der Waals surface area (Å²) in [5.74, 6) is 1.24. The number of hydrogen-bond acceptors (Lipinski definition) is 6. The van der Waals surface area contributed by atoms with Crippen molar-refractivity contribution in [1.29, 1.82) is 0 Å². The van der Waals surface area contributed by atoms with Gasteiger partial charge in [-0.25, -0.2) is 4.79 Å². The molecule has 2 N–H and O–H groups in total. The van der Waals surface area contributed by atoms with Crippen LogP contribution in [0.1, 0.15) is 71.0 Å². The Labute approximate surface area is 206 Å². The van der Waals surface area contributed by atoms with E-state index in [9.17, 15) is 19.2 Å². The van der Waals surface area contributed by atoms with Crippen molar-refractivity contribution in [3.05, 3.63) is 35.4 Å². The van der Waals surface area contributed by atoms with E-state index in [2.05, 4.69) is 16.6 Å². The number of hydrogen-bond donors (Lipinski definition) is 2. The van der Waals surface area contributed by atoms with Crippen LogP contribution in [-0.4, -0.2) is 59.6 Å². The molecule has 2 atom stereocenters. The van der Waals surface area contributed by atoms with Crippen LogP contribution in [0.5, 0.6) is 0 Å². The van der Waals surface area contributed by atoms with Gasteiger partial charge in [0.1, 0.15) is 17.7 Å². The molecule has 0 aliphatic heterocycles. The van der Waals surface area contributed by atoms with Gasteiger partial charge in [0.2, 0.25) is 11.8 Å². The number of carbonyl (C=O) groups is 4. The summed E-state index contributed by atoms with van der Waals surface area (Å²) < 4.78 is 10.2. The van der Waals surface area contributed by atoms with Crippen LogP contribution in [0, 0.1) is 12.3 Å². The second kappa shape index (κ2) is 12.2. The second-order valence-electron chi connectivity index (χ2n) is 9.32. The molecule has 0 aromatic heterocycles. The summed E-state index contributed by atoms with van der Waals surface area (Å²) in [7, 11) is 0. The van der Waals surface area contributed by atoms with Gasteiger partial charge < -0.3 is 25.0 Å². The highest BCUT2D eigenvalue weighted by atomic mass is 16.6. The molecule has 1 aromatic rings. The van der Waals surface area contributed by atoms with Gasteiger partial charge in [0.25, 0.3) is 0 Å². The van der Waals surface area contributed by atoms with Crippen molar-refractivity contribution in [2.75, 3.05) is 13.2 Å². The molecule has 1 aliphatic carbocycles. The lowest BCUT2D eigenvalue weighted by molar-refractivity contribution is -0.144. The smallest absolute Gasteiger partial charge is 0.408 e. The van der Waals surface area contributed by atoms with Crippen molar-refractivity contribution in [3.63, 3.8) is 0 Å². The molecule has 0 radical (unpaired) electrons. The summed E-state index contributed by atoms with van der Waals surface area (Å²) in [4.78, 5) is 52.4. The van der Waals surface area contributed by atoms with E-state index in [0.717, 1.165) is 12.8 Å². The van der Waals surface area contributed by atoms with Crippen LogP contribution in [0.25, 0.3) is 0 Å². The fraction of sp³-hybridized carbons (Fsp3) is 0.538. The number of carbonyl (C=O) groups excluding carboxylic acids is 4. The molecule has 9 heteroatoms. The number of ether oxygens (including phenoxy) is 2. The quantitative estimate of drug-likeness (QED) is 0.389. The predicted molar refractivity (Wildman–Crippen MR) is 130 cm³/mol. The number of alkyl carbamates (subject to hydrolysis) is 1. The minimum Gasteiger partial charge on any atom is -0.466 e. The third kappa shape index (κ3) is 8.32. The largest absolute Gasteiger partial charge is 0.466 e. The van der Waals surface area contributed by atoms with E-state index in [0.29, 0.717) is 11.1 Å². The number of terminal acetylenes is 1. The Morgan fingerprint density at radius 3 is 2.43 bits per heavy atom. The van der Waals surface area contributed by atoms with E-state index in [1.807, 2.05) is 0 Å². The lowest BCUT2D eigenvalue weighted by Crippen LogP contribution is -2.53. The molecular formula is C26H35N3O6. The molecule has 0 spiro atoms. The summed E-state index contributed by atoms with van der Waals surface area (Å²) >= 11 is 0. The van der Waals surface area contributed by atoms with Gasteiger partial charge in [-0.2, -0.15) is 0 Å². The summed E-state index contributed by atoms with van der Waals surface area (Å²) in [5.41, 5.74) is 0.244. The lowest BCUT2D eigenvalue weighted by atomic mass is 9.97. The SMILES string of the molecule is C#Cc1ccccc1C(C(=O)NCCC(=O)OCC)N(C(=O)C(C)NC(=O)OC(C)(C)C)C1CC1. The second-order valence-corrected chi connectivity index (χ2v) is 9.32. The molecule has 35 heavy (non-hydrogen) atoms. The molecule has 3 amide bonds. The number of nitrogens with zero attached hydrogens (tertiary/aromatic N) is 1. The zero-order valence-electron chi connectivity index (χ0n) is 21.1. The Balaban J connectivity index is 2.32.